The van der Waals surface area contributed by atoms with Gasteiger partial charge in [0.2, 0.25) is 0 Å². The Morgan fingerprint density at radius 1 is 0.957 bits per heavy atom. The zero-order valence-electron chi connectivity index (χ0n) is 12.5. The van der Waals surface area contributed by atoms with Gasteiger partial charge in [0.05, 0.1) is 19.8 Å². The molecule has 2 rings (SSSR count). The van der Waals surface area contributed by atoms with Crippen LogP contribution in [0.15, 0.2) is 54.6 Å². The van der Waals surface area contributed by atoms with Crippen LogP contribution in [0.1, 0.15) is 5.56 Å². The van der Waals surface area contributed by atoms with E-state index in [1.54, 1.807) is 0 Å². The Morgan fingerprint density at radius 3 is 2.04 bits per heavy atom. The quantitative estimate of drug-likeness (QED) is 0.453. The number of hydroxylamine groups is 1. The van der Waals surface area contributed by atoms with Crippen molar-refractivity contribution in [3.63, 3.8) is 0 Å². The molecule has 0 atom stereocenters. The largest absolute Gasteiger partial charge is 0.393 e. The molecule has 122 valence electrons. The highest BCUT2D eigenvalue weighted by Gasteiger charge is 2.38. The fourth-order valence-electron chi connectivity index (χ4n) is 2.10. The molecule has 0 heterocycles. The van der Waals surface area contributed by atoms with Crippen LogP contribution in [0.2, 0.25) is 0 Å². The maximum atomic E-state index is 11.6. The summed E-state index contributed by atoms with van der Waals surface area (Å²) in [6, 6.07) is 17.4. The summed E-state index contributed by atoms with van der Waals surface area (Å²) in [7, 11) is 0. The minimum Gasteiger partial charge on any atom is -0.393 e. The van der Waals surface area contributed by atoms with E-state index in [4.69, 9.17) is 9.94 Å². The molecule has 0 aliphatic heterocycles. The third-order valence-corrected chi connectivity index (χ3v) is 3.60. The van der Waals surface area contributed by atoms with E-state index in [9.17, 15) is 15.0 Å². The first-order valence-electron chi connectivity index (χ1n) is 7.10. The number of nitrogens with one attached hydrogen (secondary N) is 1. The summed E-state index contributed by atoms with van der Waals surface area (Å²) in [6.07, 6.45) is 0. The van der Waals surface area contributed by atoms with Gasteiger partial charge in [-0.15, -0.1) is 0 Å². The van der Waals surface area contributed by atoms with Crippen molar-refractivity contribution in [1.82, 2.24) is 5.48 Å². The molecule has 0 spiro atoms. The fourth-order valence-corrected chi connectivity index (χ4v) is 2.10. The van der Waals surface area contributed by atoms with Gasteiger partial charge < -0.3 is 14.9 Å². The minimum atomic E-state index is -1.88. The van der Waals surface area contributed by atoms with Gasteiger partial charge in [-0.3, -0.25) is 10.0 Å². The molecule has 0 saturated carbocycles. The van der Waals surface area contributed by atoms with Gasteiger partial charge in [-0.05, 0) is 16.7 Å². The predicted molar refractivity (Wildman–Crippen MR) is 83.5 cm³/mol. The van der Waals surface area contributed by atoms with Crippen LogP contribution in [0.25, 0.3) is 11.1 Å². The molecule has 23 heavy (non-hydrogen) atoms. The average molecular weight is 317 g/mol. The molecule has 2 aromatic carbocycles. The standard InChI is InChI=1S/C17H19NO5/c19-11-17(12-20,16(21)18-22)23-10-13-6-8-15(9-7-13)14-4-2-1-3-5-14/h1-9,19-20,22H,10-12H2,(H,18,21). The van der Waals surface area contributed by atoms with Gasteiger partial charge in [0.25, 0.3) is 5.91 Å². The lowest BCUT2D eigenvalue weighted by atomic mass is 10.0. The van der Waals surface area contributed by atoms with Crippen molar-refractivity contribution in [1.29, 1.82) is 0 Å². The van der Waals surface area contributed by atoms with Crippen LogP contribution in [0.4, 0.5) is 0 Å². The highest BCUT2D eigenvalue weighted by Crippen LogP contribution is 2.20. The van der Waals surface area contributed by atoms with Crippen molar-refractivity contribution in [3.8, 4) is 11.1 Å². The van der Waals surface area contributed by atoms with Crippen LogP contribution >= 0.6 is 0 Å². The molecule has 0 radical (unpaired) electrons. The molecule has 0 bridgehead atoms. The average Bonchev–Trinajstić information content (AvgIpc) is 2.64. The van der Waals surface area contributed by atoms with Gasteiger partial charge in [0.1, 0.15) is 0 Å². The Labute approximate surface area is 133 Å². The van der Waals surface area contributed by atoms with Gasteiger partial charge in [0, 0.05) is 0 Å². The molecule has 0 saturated heterocycles. The van der Waals surface area contributed by atoms with Gasteiger partial charge in [0.15, 0.2) is 5.60 Å². The van der Waals surface area contributed by atoms with E-state index in [-0.39, 0.29) is 6.61 Å². The van der Waals surface area contributed by atoms with Gasteiger partial charge >= 0.3 is 0 Å². The van der Waals surface area contributed by atoms with Crippen molar-refractivity contribution in [2.45, 2.75) is 12.2 Å². The lowest BCUT2D eigenvalue weighted by molar-refractivity contribution is -0.171. The molecular formula is C17H19NO5. The van der Waals surface area contributed by atoms with Crippen LogP contribution in [-0.2, 0) is 16.1 Å². The second kappa shape index (κ2) is 7.85. The SMILES string of the molecule is O=C(NO)C(CO)(CO)OCc1ccc(-c2ccccc2)cc1. The monoisotopic (exact) mass is 317 g/mol. The van der Waals surface area contributed by atoms with Gasteiger partial charge in [-0.2, -0.15) is 0 Å². The summed E-state index contributed by atoms with van der Waals surface area (Å²) in [5, 5.41) is 27.3. The summed E-state index contributed by atoms with van der Waals surface area (Å²) in [6.45, 7) is -1.50. The molecule has 6 nitrogen and oxygen atoms in total. The lowest BCUT2D eigenvalue weighted by Crippen LogP contribution is -2.53. The zero-order chi connectivity index (χ0) is 16.7. The molecular weight excluding hydrogens is 298 g/mol. The van der Waals surface area contributed by atoms with Crippen LogP contribution in [0, 0.1) is 0 Å². The topological polar surface area (TPSA) is 99.0 Å². The Kier molecular flexibility index (Phi) is 5.84. The molecule has 0 unspecified atom stereocenters. The van der Waals surface area contributed by atoms with Gasteiger partial charge in [-0.25, -0.2) is 5.48 Å². The summed E-state index contributed by atoms with van der Waals surface area (Å²) in [4.78, 5) is 11.6. The fraction of sp³-hybridized carbons (Fsp3) is 0.235. The Hall–Kier alpha value is -2.25. The van der Waals surface area contributed by atoms with Crippen LogP contribution in [0.3, 0.4) is 0 Å². The summed E-state index contributed by atoms with van der Waals surface area (Å²) >= 11 is 0. The normalized spacial score (nSPS) is 11.3. The molecule has 0 aliphatic rings. The number of aliphatic hydroxyl groups is 2. The third kappa shape index (κ3) is 3.94. The number of ether oxygens (including phenoxy) is 1. The van der Waals surface area contributed by atoms with Crippen LogP contribution < -0.4 is 5.48 Å². The first-order valence-corrected chi connectivity index (χ1v) is 7.10. The summed E-state index contributed by atoms with van der Waals surface area (Å²) in [5.74, 6) is -0.997. The molecule has 0 aliphatic carbocycles. The number of aliphatic hydroxyl groups excluding tert-OH is 2. The number of amides is 1. The molecule has 6 heteroatoms. The lowest BCUT2D eigenvalue weighted by Gasteiger charge is -2.27. The molecule has 0 fully saturated rings. The Morgan fingerprint density at radius 2 is 1.52 bits per heavy atom. The highest BCUT2D eigenvalue weighted by atomic mass is 16.5. The molecule has 2 aromatic rings. The first-order chi connectivity index (χ1) is 11.1. The van der Waals surface area contributed by atoms with Crippen molar-refractivity contribution in [3.05, 3.63) is 60.2 Å². The molecule has 4 N–H and O–H groups in total. The van der Waals surface area contributed by atoms with E-state index in [1.165, 1.54) is 5.48 Å². The van der Waals surface area contributed by atoms with E-state index < -0.39 is 24.7 Å². The number of benzene rings is 2. The van der Waals surface area contributed by atoms with Crippen molar-refractivity contribution in [2.24, 2.45) is 0 Å². The van der Waals surface area contributed by atoms with E-state index in [2.05, 4.69) is 0 Å². The Balaban J connectivity index is 2.07. The summed E-state index contributed by atoms with van der Waals surface area (Å²) < 4.78 is 5.34. The second-order valence-corrected chi connectivity index (χ2v) is 5.10. The molecule has 1 amide bonds. The second-order valence-electron chi connectivity index (χ2n) is 5.10. The van der Waals surface area contributed by atoms with Crippen LogP contribution in [0.5, 0.6) is 0 Å². The predicted octanol–water partition coefficient (Wildman–Crippen LogP) is 1.10. The maximum absolute atomic E-state index is 11.6. The van der Waals surface area contributed by atoms with Crippen molar-refractivity contribution >= 4 is 5.91 Å². The number of carbonyl (C=O) groups excluding carboxylic acids is 1. The maximum Gasteiger partial charge on any atom is 0.280 e. The smallest absolute Gasteiger partial charge is 0.280 e. The van der Waals surface area contributed by atoms with E-state index in [0.29, 0.717) is 0 Å². The van der Waals surface area contributed by atoms with E-state index in [1.807, 2.05) is 54.6 Å². The zero-order valence-corrected chi connectivity index (χ0v) is 12.5. The number of hydrogen-bond acceptors (Lipinski definition) is 5. The van der Waals surface area contributed by atoms with E-state index >= 15 is 0 Å². The summed E-state index contributed by atoms with van der Waals surface area (Å²) in [5.41, 5.74) is 2.40. The highest BCUT2D eigenvalue weighted by molar-refractivity contribution is 5.84. The van der Waals surface area contributed by atoms with Crippen LogP contribution in [-0.4, -0.2) is 40.1 Å². The van der Waals surface area contributed by atoms with Gasteiger partial charge in [-0.1, -0.05) is 54.6 Å². The van der Waals surface area contributed by atoms with Crippen molar-refractivity contribution in [2.75, 3.05) is 13.2 Å². The minimum absolute atomic E-state index is 0.00358. The Bertz CT molecular complexity index is 623. The molecule has 0 aromatic heterocycles. The van der Waals surface area contributed by atoms with E-state index in [0.717, 1.165) is 16.7 Å². The number of rotatable bonds is 7. The first kappa shape index (κ1) is 17.1. The number of carbonyl (C=O) groups is 1. The third-order valence-electron chi connectivity index (χ3n) is 3.60. The van der Waals surface area contributed by atoms with Crippen molar-refractivity contribution < 1.29 is 25.0 Å². The number of hydrogen-bond donors (Lipinski definition) is 4.